The number of amides is 1. The Kier molecular flexibility index (Phi) is 4.05. The molecule has 1 N–H and O–H groups in total. The lowest BCUT2D eigenvalue weighted by molar-refractivity contribution is -0.140. The minimum absolute atomic E-state index is 0.214. The third kappa shape index (κ3) is 2.80. The molecule has 2 rings (SSSR count). The van der Waals surface area contributed by atoms with Crippen LogP contribution in [0.15, 0.2) is 0 Å². The van der Waals surface area contributed by atoms with Gasteiger partial charge in [0.15, 0.2) is 0 Å². The number of nitrogens with one attached hydrogen (secondary N) is 1. The highest BCUT2D eigenvalue weighted by atomic mass is 16.2. The summed E-state index contributed by atoms with van der Waals surface area (Å²) in [6.07, 6.45) is 2.19. The molecule has 2 fully saturated rings. The first-order chi connectivity index (χ1) is 8.09. The van der Waals surface area contributed by atoms with E-state index in [2.05, 4.69) is 36.0 Å². The van der Waals surface area contributed by atoms with E-state index in [4.69, 9.17) is 0 Å². The van der Waals surface area contributed by atoms with Crippen LogP contribution in [0.3, 0.4) is 0 Å². The molecule has 0 aliphatic carbocycles. The number of carbonyl (C=O) groups is 1. The number of hydrogen-bond acceptors (Lipinski definition) is 3. The Morgan fingerprint density at radius 1 is 1.24 bits per heavy atom. The number of carbonyl (C=O) groups excluding carboxylic acids is 1. The van der Waals surface area contributed by atoms with Gasteiger partial charge in [-0.2, -0.15) is 0 Å². The third-order valence-corrected chi connectivity index (χ3v) is 4.32. The number of piperidine rings is 1. The van der Waals surface area contributed by atoms with Gasteiger partial charge in [0, 0.05) is 31.7 Å². The lowest BCUT2D eigenvalue weighted by Gasteiger charge is -2.43. The van der Waals surface area contributed by atoms with Crippen LogP contribution in [0, 0.1) is 5.92 Å². The van der Waals surface area contributed by atoms with E-state index in [1.165, 1.54) is 0 Å². The predicted octanol–water partition coefficient (Wildman–Crippen LogP) is 0.537. The van der Waals surface area contributed by atoms with Crippen LogP contribution in [-0.4, -0.2) is 61.0 Å². The molecule has 2 aliphatic rings. The van der Waals surface area contributed by atoms with E-state index in [9.17, 15) is 4.79 Å². The maximum Gasteiger partial charge on any atom is 0.227 e. The quantitative estimate of drug-likeness (QED) is 0.725. The van der Waals surface area contributed by atoms with E-state index in [0.29, 0.717) is 18.0 Å². The summed E-state index contributed by atoms with van der Waals surface area (Å²) in [7, 11) is 2.15. The summed E-state index contributed by atoms with van der Waals surface area (Å²) in [5, 5.41) is 3.33. The molecule has 2 aliphatic heterocycles. The van der Waals surface area contributed by atoms with Crippen molar-refractivity contribution in [1.82, 2.24) is 15.1 Å². The maximum atomic E-state index is 12.4. The number of hydrogen-bond donors (Lipinski definition) is 1. The summed E-state index contributed by atoms with van der Waals surface area (Å²) in [6.45, 7) is 8.11. The molecule has 2 unspecified atom stereocenters. The van der Waals surface area contributed by atoms with Crippen molar-refractivity contribution in [3.63, 3.8) is 0 Å². The fourth-order valence-corrected chi connectivity index (χ4v) is 2.91. The topological polar surface area (TPSA) is 35.6 Å². The van der Waals surface area contributed by atoms with E-state index in [0.717, 1.165) is 39.0 Å². The van der Waals surface area contributed by atoms with Gasteiger partial charge in [-0.25, -0.2) is 0 Å². The van der Waals surface area contributed by atoms with Crippen molar-refractivity contribution in [3.8, 4) is 0 Å². The third-order valence-electron chi connectivity index (χ3n) is 4.32. The molecule has 0 radical (unpaired) electrons. The van der Waals surface area contributed by atoms with Gasteiger partial charge in [0.25, 0.3) is 0 Å². The van der Waals surface area contributed by atoms with Gasteiger partial charge in [0.2, 0.25) is 5.91 Å². The van der Waals surface area contributed by atoms with E-state index in [-0.39, 0.29) is 5.92 Å². The van der Waals surface area contributed by atoms with Gasteiger partial charge in [-0.05, 0) is 40.3 Å². The van der Waals surface area contributed by atoms with Gasteiger partial charge in [-0.3, -0.25) is 9.69 Å². The number of likely N-dealkylation sites (N-methyl/N-ethyl adjacent to an activating group) is 1. The minimum Gasteiger partial charge on any atom is -0.339 e. The Morgan fingerprint density at radius 3 is 2.41 bits per heavy atom. The molecule has 0 aromatic carbocycles. The second-order valence-electron chi connectivity index (χ2n) is 5.65. The zero-order chi connectivity index (χ0) is 12.4. The van der Waals surface area contributed by atoms with Crippen LogP contribution < -0.4 is 5.32 Å². The molecule has 0 aromatic heterocycles. The first-order valence-electron chi connectivity index (χ1n) is 6.81. The molecule has 0 saturated carbocycles. The average Bonchev–Trinajstić information content (AvgIpc) is 2.35. The Balaban J connectivity index is 1.95. The molecule has 98 valence electrons. The second-order valence-corrected chi connectivity index (χ2v) is 5.65. The van der Waals surface area contributed by atoms with Crippen LogP contribution in [-0.2, 0) is 4.79 Å². The maximum absolute atomic E-state index is 12.4. The van der Waals surface area contributed by atoms with Crippen LogP contribution >= 0.6 is 0 Å². The zero-order valence-electron chi connectivity index (χ0n) is 11.3. The summed E-state index contributed by atoms with van der Waals surface area (Å²) in [4.78, 5) is 16.9. The monoisotopic (exact) mass is 239 g/mol. The molecule has 3 atom stereocenters. The lowest BCUT2D eigenvalue weighted by Crippen LogP contribution is -2.58. The second kappa shape index (κ2) is 5.36. The Labute approximate surface area is 104 Å². The van der Waals surface area contributed by atoms with Crippen molar-refractivity contribution in [2.75, 3.05) is 33.2 Å². The van der Waals surface area contributed by atoms with E-state index in [1.54, 1.807) is 0 Å². The first-order valence-corrected chi connectivity index (χ1v) is 6.81. The Morgan fingerprint density at radius 2 is 1.88 bits per heavy atom. The van der Waals surface area contributed by atoms with E-state index >= 15 is 0 Å². The standard InChI is InChI=1S/C13H25N3O/c1-10-8-16(9-11(2)15(10)3)13(17)12-5-4-6-14-7-12/h10-12,14H,4-9H2,1-3H3/t10?,11?,12-/m1/s1. The molecule has 1 amide bonds. The molecule has 2 heterocycles. The summed E-state index contributed by atoms with van der Waals surface area (Å²) >= 11 is 0. The molecule has 0 spiro atoms. The summed E-state index contributed by atoms with van der Waals surface area (Å²) in [6, 6.07) is 0.943. The largest absolute Gasteiger partial charge is 0.339 e. The smallest absolute Gasteiger partial charge is 0.227 e. The molecule has 2 saturated heterocycles. The summed E-state index contributed by atoms with van der Waals surface area (Å²) < 4.78 is 0. The van der Waals surface area contributed by atoms with Crippen LogP contribution in [0.25, 0.3) is 0 Å². The number of nitrogens with zero attached hydrogens (tertiary/aromatic N) is 2. The molecule has 4 heteroatoms. The van der Waals surface area contributed by atoms with Gasteiger partial charge in [0.1, 0.15) is 0 Å². The van der Waals surface area contributed by atoms with Crippen molar-refractivity contribution in [2.45, 2.75) is 38.8 Å². The fourth-order valence-electron chi connectivity index (χ4n) is 2.91. The van der Waals surface area contributed by atoms with Crippen molar-refractivity contribution < 1.29 is 4.79 Å². The molecular formula is C13H25N3O. The first kappa shape index (κ1) is 12.8. The number of rotatable bonds is 1. The zero-order valence-corrected chi connectivity index (χ0v) is 11.3. The number of piperazine rings is 1. The van der Waals surface area contributed by atoms with E-state index in [1.807, 2.05) is 0 Å². The highest BCUT2D eigenvalue weighted by Gasteiger charge is 2.32. The van der Waals surface area contributed by atoms with Crippen LogP contribution in [0.4, 0.5) is 0 Å². The SMILES string of the molecule is CC1CN(C(=O)[C@@H]2CCCNC2)CC(C)N1C. The molecule has 0 bridgehead atoms. The van der Waals surface area contributed by atoms with E-state index < -0.39 is 0 Å². The Hall–Kier alpha value is -0.610. The highest BCUT2D eigenvalue weighted by molar-refractivity contribution is 5.79. The molecular weight excluding hydrogens is 214 g/mol. The summed E-state index contributed by atoms with van der Waals surface area (Å²) in [5.41, 5.74) is 0. The highest BCUT2D eigenvalue weighted by Crippen LogP contribution is 2.19. The fraction of sp³-hybridized carbons (Fsp3) is 0.923. The lowest BCUT2D eigenvalue weighted by atomic mass is 9.97. The molecule has 4 nitrogen and oxygen atoms in total. The van der Waals surface area contributed by atoms with Crippen molar-refractivity contribution >= 4 is 5.91 Å². The summed E-state index contributed by atoms with van der Waals surface area (Å²) in [5.74, 6) is 0.579. The Bertz CT molecular complexity index is 264. The van der Waals surface area contributed by atoms with Crippen molar-refractivity contribution in [3.05, 3.63) is 0 Å². The minimum atomic E-state index is 0.214. The predicted molar refractivity (Wildman–Crippen MR) is 68.9 cm³/mol. The van der Waals surface area contributed by atoms with Crippen LogP contribution in [0.5, 0.6) is 0 Å². The van der Waals surface area contributed by atoms with Crippen LogP contribution in [0.2, 0.25) is 0 Å². The normalized spacial score (nSPS) is 35.9. The van der Waals surface area contributed by atoms with Crippen molar-refractivity contribution in [2.24, 2.45) is 5.92 Å². The van der Waals surface area contributed by atoms with Crippen molar-refractivity contribution in [1.29, 1.82) is 0 Å². The molecule has 17 heavy (non-hydrogen) atoms. The van der Waals surface area contributed by atoms with Gasteiger partial charge >= 0.3 is 0 Å². The van der Waals surface area contributed by atoms with Gasteiger partial charge in [-0.15, -0.1) is 0 Å². The van der Waals surface area contributed by atoms with Gasteiger partial charge in [0.05, 0.1) is 5.92 Å². The van der Waals surface area contributed by atoms with Gasteiger partial charge < -0.3 is 10.2 Å². The molecule has 0 aromatic rings. The van der Waals surface area contributed by atoms with Gasteiger partial charge in [-0.1, -0.05) is 0 Å². The van der Waals surface area contributed by atoms with Crippen LogP contribution in [0.1, 0.15) is 26.7 Å². The average molecular weight is 239 g/mol.